The summed E-state index contributed by atoms with van der Waals surface area (Å²) in [6.07, 6.45) is 3.07. The summed E-state index contributed by atoms with van der Waals surface area (Å²) >= 11 is 0. The first kappa shape index (κ1) is 24.9. The van der Waals surface area contributed by atoms with Gasteiger partial charge >= 0.3 is 6.43 Å². The van der Waals surface area contributed by atoms with E-state index in [9.17, 15) is 18.0 Å². The Kier molecular flexibility index (Phi) is 5.36. The molecule has 6 aliphatic rings. The van der Waals surface area contributed by atoms with Gasteiger partial charge < -0.3 is 9.42 Å². The van der Waals surface area contributed by atoms with Gasteiger partial charge in [-0.2, -0.15) is 4.98 Å². The number of aryl methyl sites for hydroxylation is 1. The predicted molar refractivity (Wildman–Crippen MR) is 140 cm³/mol. The number of carbonyl (C=O) groups excluding carboxylic acids is 1. The maximum atomic E-state index is 14.5. The van der Waals surface area contributed by atoms with Gasteiger partial charge in [-0.3, -0.25) is 4.79 Å². The first-order chi connectivity index (χ1) is 18.6. The van der Waals surface area contributed by atoms with Gasteiger partial charge in [-0.15, -0.1) is 0 Å². The Hall–Kier alpha value is -3.16. The van der Waals surface area contributed by atoms with E-state index in [0.29, 0.717) is 31.7 Å². The van der Waals surface area contributed by atoms with Crippen molar-refractivity contribution >= 4 is 11.6 Å². The van der Waals surface area contributed by atoms with Crippen LogP contribution < -0.4 is 4.90 Å². The number of fused-ring (bicyclic) bond motifs is 3. The maximum Gasteiger partial charge on any atom is 0.300 e. The highest BCUT2D eigenvalue weighted by molar-refractivity contribution is 6.00. The lowest BCUT2D eigenvalue weighted by Crippen LogP contribution is -2.71. The highest BCUT2D eigenvalue weighted by atomic mass is 19.3. The van der Waals surface area contributed by atoms with Crippen LogP contribution in [-0.4, -0.2) is 28.3 Å². The summed E-state index contributed by atoms with van der Waals surface area (Å²) in [6, 6.07) is 16.5. The number of hydrogen-bond donors (Lipinski definition) is 0. The number of anilines is 1. The van der Waals surface area contributed by atoms with Crippen LogP contribution in [0.25, 0.3) is 11.1 Å². The van der Waals surface area contributed by atoms with Gasteiger partial charge in [0.25, 0.3) is 0 Å². The van der Waals surface area contributed by atoms with E-state index in [1.54, 1.807) is 0 Å². The lowest BCUT2D eigenvalue weighted by Gasteiger charge is -2.65. The average Bonchev–Trinajstić information content (AvgIpc) is 3.43. The van der Waals surface area contributed by atoms with Crippen molar-refractivity contribution in [3.63, 3.8) is 0 Å². The fourth-order valence-corrected chi connectivity index (χ4v) is 7.75. The van der Waals surface area contributed by atoms with Gasteiger partial charge in [0.1, 0.15) is 5.67 Å². The Bertz CT molecular complexity index is 1390. The van der Waals surface area contributed by atoms with Gasteiger partial charge in [0.15, 0.2) is 0 Å². The van der Waals surface area contributed by atoms with Gasteiger partial charge in [-0.05, 0) is 93.4 Å². The van der Waals surface area contributed by atoms with Crippen LogP contribution in [0.3, 0.4) is 0 Å². The zero-order valence-corrected chi connectivity index (χ0v) is 22.1. The average molecular weight is 536 g/mol. The molecule has 8 heteroatoms. The van der Waals surface area contributed by atoms with Crippen LogP contribution in [-0.2, 0) is 10.2 Å². The van der Waals surface area contributed by atoms with Crippen molar-refractivity contribution < 1.29 is 22.5 Å². The summed E-state index contributed by atoms with van der Waals surface area (Å²) in [5.41, 5.74) is 1.99. The van der Waals surface area contributed by atoms with Crippen LogP contribution in [0.15, 0.2) is 53.1 Å². The monoisotopic (exact) mass is 535 g/mol. The molecule has 6 aliphatic carbocycles. The number of halogens is 3. The summed E-state index contributed by atoms with van der Waals surface area (Å²) in [5, 5.41) is 3.50. The highest BCUT2D eigenvalue weighted by Gasteiger charge is 2.73. The Labute approximate surface area is 225 Å². The summed E-state index contributed by atoms with van der Waals surface area (Å²) in [6.45, 7) is 2.63. The van der Waals surface area contributed by atoms with E-state index in [-0.39, 0.29) is 16.7 Å². The number of aromatic nitrogens is 2. The molecule has 0 unspecified atom stereocenters. The van der Waals surface area contributed by atoms with E-state index in [0.717, 1.165) is 55.3 Å². The molecule has 0 atom stereocenters. The van der Waals surface area contributed by atoms with Crippen molar-refractivity contribution in [3.05, 3.63) is 65.8 Å². The van der Waals surface area contributed by atoms with Crippen LogP contribution >= 0.6 is 0 Å². The minimum atomic E-state index is -2.75. The van der Waals surface area contributed by atoms with Gasteiger partial charge in [-0.1, -0.05) is 47.1 Å². The molecule has 9 rings (SSSR count). The molecule has 1 amide bonds. The van der Waals surface area contributed by atoms with Crippen molar-refractivity contribution in [1.82, 2.24) is 10.1 Å². The maximum absolute atomic E-state index is 14.5. The second-order valence-electron chi connectivity index (χ2n) is 12.8. The molecule has 1 aromatic heterocycles. The Morgan fingerprint density at radius 3 is 2.23 bits per heavy atom. The molecule has 0 radical (unpaired) electrons. The summed E-state index contributed by atoms with van der Waals surface area (Å²) in [7, 11) is 0. The van der Waals surface area contributed by atoms with Crippen LogP contribution in [0.4, 0.5) is 18.9 Å². The van der Waals surface area contributed by atoms with Gasteiger partial charge in [0.05, 0.1) is 5.41 Å². The predicted octanol–water partition coefficient (Wildman–Crippen LogP) is 7.50. The van der Waals surface area contributed by atoms with Crippen LogP contribution in [0.5, 0.6) is 0 Å². The van der Waals surface area contributed by atoms with Gasteiger partial charge in [0.2, 0.25) is 17.6 Å². The smallest absolute Gasteiger partial charge is 0.300 e. The summed E-state index contributed by atoms with van der Waals surface area (Å²) in [4.78, 5) is 20.1. The second-order valence-corrected chi connectivity index (χ2v) is 12.8. The molecule has 3 aromatic rings. The lowest BCUT2D eigenvalue weighted by molar-refractivity contribution is -0.211. The minimum absolute atomic E-state index is 0.0401. The second kappa shape index (κ2) is 8.42. The Morgan fingerprint density at radius 1 is 0.974 bits per heavy atom. The van der Waals surface area contributed by atoms with Crippen LogP contribution in [0.2, 0.25) is 0 Å². The van der Waals surface area contributed by atoms with Crippen LogP contribution in [0, 0.1) is 17.8 Å². The number of carbonyl (C=O) groups is 1. The fraction of sp³-hybridized carbons (Fsp3) is 0.516. The van der Waals surface area contributed by atoms with Crippen molar-refractivity contribution in [3.8, 4) is 11.1 Å². The number of benzene rings is 2. The van der Waals surface area contributed by atoms with E-state index < -0.39 is 23.3 Å². The van der Waals surface area contributed by atoms with E-state index in [2.05, 4.69) is 53.5 Å². The molecule has 0 saturated heterocycles. The normalized spacial score (nSPS) is 32.5. The molecule has 204 valence electrons. The first-order valence-corrected chi connectivity index (χ1v) is 13.9. The zero-order valence-electron chi connectivity index (χ0n) is 22.1. The van der Waals surface area contributed by atoms with E-state index in [4.69, 9.17) is 4.52 Å². The molecular weight excluding hydrogens is 503 g/mol. The molecule has 4 bridgehead atoms. The van der Waals surface area contributed by atoms with Crippen molar-refractivity contribution in [2.45, 2.75) is 82.2 Å². The van der Waals surface area contributed by atoms with Gasteiger partial charge in [-0.25, -0.2) is 13.2 Å². The quantitative estimate of drug-likeness (QED) is 0.314. The molecule has 0 N–H and O–H groups in total. The zero-order chi connectivity index (χ0) is 27.0. The number of nitrogens with zero attached hydrogens (tertiary/aromatic N) is 3. The molecule has 5 nitrogen and oxygen atoms in total. The van der Waals surface area contributed by atoms with E-state index >= 15 is 0 Å². The standard InChI is InChI=1S/C31H32F3N3O2/c1-20-5-7-21(8-6-20)22-3-2-4-23(15-22)37(27(38)30-16-31(34,17-30)18-30)19-28-9-12-29(13-10-28,14-11-28)26-35-25(24(32)33)36-39-26/h2-8,15,24H,9-14,16-19H2,1H3. The minimum Gasteiger partial charge on any atom is -0.339 e. The molecule has 0 spiro atoms. The molecular formula is C31H32F3N3O2. The first-order valence-electron chi connectivity index (χ1n) is 13.9. The molecule has 6 fully saturated rings. The number of alkyl halides is 3. The largest absolute Gasteiger partial charge is 0.339 e. The third-order valence-corrected chi connectivity index (χ3v) is 10.2. The molecule has 0 aliphatic heterocycles. The number of rotatable bonds is 7. The van der Waals surface area contributed by atoms with Crippen molar-refractivity contribution in [1.29, 1.82) is 0 Å². The van der Waals surface area contributed by atoms with Crippen molar-refractivity contribution in [2.24, 2.45) is 10.8 Å². The Balaban J connectivity index is 1.17. The molecule has 39 heavy (non-hydrogen) atoms. The number of amides is 1. The molecule has 1 heterocycles. The van der Waals surface area contributed by atoms with E-state index in [1.807, 2.05) is 17.0 Å². The topological polar surface area (TPSA) is 59.2 Å². The summed E-state index contributed by atoms with van der Waals surface area (Å²) < 4.78 is 46.0. The Morgan fingerprint density at radius 2 is 1.64 bits per heavy atom. The molecule has 2 aromatic carbocycles. The SMILES string of the molecule is Cc1ccc(-c2cccc(N(CC34CCC(c5nc(C(F)F)no5)(CC3)CC4)C(=O)C34CC(F)(C3)C4)c2)cc1. The summed E-state index contributed by atoms with van der Waals surface area (Å²) in [5.74, 6) is -0.179. The fourth-order valence-electron chi connectivity index (χ4n) is 7.75. The number of hydrogen-bond acceptors (Lipinski definition) is 4. The van der Waals surface area contributed by atoms with Gasteiger partial charge in [0, 0.05) is 17.6 Å². The highest BCUT2D eigenvalue weighted by Crippen LogP contribution is 2.70. The molecule has 6 saturated carbocycles. The van der Waals surface area contributed by atoms with Crippen molar-refractivity contribution in [2.75, 3.05) is 11.4 Å². The third-order valence-electron chi connectivity index (χ3n) is 10.2. The lowest BCUT2D eigenvalue weighted by atomic mass is 9.41. The van der Waals surface area contributed by atoms with Crippen LogP contribution in [0.1, 0.15) is 81.5 Å². The third kappa shape index (κ3) is 3.93. The van der Waals surface area contributed by atoms with E-state index in [1.165, 1.54) is 5.56 Å².